The maximum absolute atomic E-state index is 12.6. The van der Waals surface area contributed by atoms with Crippen LogP contribution >= 0.6 is 11.3 Å². The first kappa shape index (κ1) is 14.9. The maximum Gasteiger partial charge on any atom is 0.242 e. The van der Waals surface area contributed by atoms with Crippen molar-refractivity contribution in [1.29, 1.82) is 0 Å². The number of rotatable bonds is 3. The molecular formula is C15H24N4OS. The Hall–Kier alpha value is -0.980. The lowest BCUT2D eigenvalue weighted by atomic mass is 9.97. The molecule has 1 aromatic heterocycles. The zero-order valence-corrected chi connectivity index (χ0v) is 13.5. The van der Waals surface area contributed by atoms with Gasteiger partial charge in [-0.2, -0.15) is 0 Å². The summed E-state index contributed by atoms with van der Waals surface area (Å²) < 4.78 is 0. The molecule has 2 heterocycles. The first-order valence-electron chi connectivity index (χ1n) is 7.79. The van der Waals surface area contributed by atoms with Gasteiger partial charge in [0.2, 0.25) is 5.91 Å². The van der Waals surface area contributed by atoms with Crippen LogP contribution in [0, 0.1) is 6.92 Å². The number of nitrogens with zero attached hydrogens (tertiary/aromatic N) is 3. The molecule has 0 bridgehead atoms. The molecule has 2 fully saturated rings. The van der Waals surface area contributed by atoms with Crippen molar-refractivity contribution in [3.63, 3.8) is 0 Å². The van der Waals surface area contributed by atoms with Crippen molar-refractivity contribution in [3.05, 3.63) is 16.1 Å². The molecule has 0 spiro atoms. The molecule has 2 N–H and O–H groups in total. The van der Waals surface area contributed by atoms with Crippen LogP contribution in [0.4, 0.5) is 0 Å². The van der Waals surface area contributed by atoms with E-state index in [-0.39, 0.29) is 5.91 Å². The van der Waals surface area contributed by atoms with Gasteiger partial charge in [0.1, 0.15) is 0 Å². The maximum atomic E-state index is 12.6. The fraction of sp³-hybridized carbons (Fsp3) is 0.733. The van der Waals surface area contributed by atoms with Crippen molar-refractivity contribution >= 4 is 17.2 Å². The SMILES string of the molecule is Cc1ncc(CN2CCN(C(=O)C3(N)CCCC3)CC2)s1. The second kappa shape index (κ2) is 6.02. The minimum atomic E-state index is -0.572. The predicted octanol–water partition coefficient (Wildman–Crippen LogP) is 1.37. The zero-order valence-electron chi connectivity index (χ0n) is 12.7. The molecule has 1 aromatic rings. The molecule has 5 nitrogen and oxygen atoms in total. The van der Waals surface area contributed by atoms with Crippen molar-refractivity contribution in [2.75, 3.05) is 26.2 Å². The van der Waals surface area contributed by atoms with Crippen LogP contribution in [0.25, 0.3) is 0 Å². The molecule has 2 aliphatic rings. The quantitative estimate of drug-likeness (QED) is 0.916. The summed E-state index contributed by atoms with van der Waals surface area (Å²) in [6.45, 7) is 6.44. The van der Waals surface area contributed by atoms with Gasteiger partial charge in [-0.05, 0) is 19.8 Å². The van der Waals surface area contributed by atoms with E-state index in [9.17, 15) is 4.79 Å². The standard InChI is InChI=1S/C15H24N4OS/c1-12-17-10-13(21-12)11-18-6-8-19(9-7-18)14(20)15(16)4-2-3-5-15/h10H,2-9,11,16H2,1H3. The molecule has 3 rings (SSSR count). The first-order chi connectivity index (χ1) is 10.1. The lowest BCUT2D eigenvalue weighted by Crippen LogP contribution is -2.58. The Kier molecular flexibility index (Phi) is 4.28. The van der Waals surface area contributed by atoms with E-state index < -0.39 is 5.54 Å². The van der Waals surface area contributed by atoms with Crippen LogP contribution in [0.5, 0.6) is 0 Å². The number of hydrogen-bond acceptors (Lipinski definition) is 5. The highest BCUT2D eigenvalue weighted by Gasteiger charge is 2.40. The molecule has 0 unspecified atom stereocenters. The average Bonchev–Trinajstić information content (AvgIpc) is 3.09. The van der Waals surface area contributed by atoms with E-state index in [1.807, 2.05) is 18.0 Å². The van der Waals surface area contributed by atoms with Gasteiger partial charge >= 0.3 is 0 Å². The minimum Gasteiger partial charge on any atom is -0.339 e. The fourth-order valence-electron chi connectivity index (χ4n) is 3.34. The van der Waals surface area contributed by atoms with Crippen molar-refractivity contribution < 1.29 is 4.79 Å². The van der Waals surface area contributed by atoms with E-state index >= 15 is 0 Å². The summed E-state index contributed by atoms with van der Waals surface area (Å²) in [5.41, 5.74) is 5.71. The summed E-state index contributed by atoms with van der Waals surface area (Å²) in [7, 11) is 0. The smallest absolute Gasteiger partial charge is 0.242 e. The highest BCUT2D eigenvalue weighted by molar-refractivity contribution is 7.11. The van der Waals surface area contributed by atoms with Crippen LogP contribution in [0.3, 0.4) is 0 Å². The number of amides is 1. The van der Waals surface area contributed by atoms with Gasteiger partial charge in [-0.3, -0.25) is 9.69 Å². The number of hydrogen-bond donors (Lipinski definition) is 1. The van der Waals surface area contributed by atoms with Gasteiger partial charge in [-0.15, -0.1) is 11.3 Å². The van der Waals surface area contributed by atoms with Crippen LogP contribution in [0.2, 0.25) is 0 Å². The summed E-state index contributed by atoms with van der Waals surface area (Å²) in [5.74, 6) is 0.174. The number of carbonyl (C=O) groups excluding carboxylic acids is 1. The third-order valence-electron chi connectivity index (χ3n) is 4.63. The largest absolute Gasteiger partial charge is 0.339 e. The topological polar surface area (TPSA) is 62.5 Å². The number of thiazole rings is 1. The van der Waals surface area contributed by atoms with Gasteiger partial charge in [0.25, 0.3) is 0 Å². The molecule has 1 saturated heterocycles. The summed E-state index contributed by atoms with van der Waals surface area (Å²) in [6.07, 6.45) is 5.85. The number of aryl methyl sites for hydroxylation is 1. The van der Waals surface area contributed by atoms with Gasteiger partial charge in [-0.25, -0.2) is 4.98 Å². The number of aromatic nitrogens is 1. The fourth-order valence-corrected chi connectivity index (χ4v) is 4.18. The number of piperazine rings is 1. The molecule has 1 amide bonds. The molecule has 0 aromatic carbocycles. The molecule has 1 aliphatic carbocycles. The van der Waals surface area contributed by atoms with Crippen LogP contribution in [0.1, 0.15) is 35.6 Å². The van der Waals surface area contributed by atoms with E-state index in [4.69, 9.17) is 5.73 Å². The Morgan fingerprint density at radius 2 is 2.00 bits per heavy atom. The minimum absolute atomic E-state index is 0.174. The number of carbonyl (C=O) groups is 1. The normalized spacial score (nSPS) is 22.7. The third-order valence-corrected chi connectivity index (χ3v) is 5.53. The average molecular weight is 308 g/mol. The van der Waals surface area contributed by atoms with Gasteiger partial charge in [0, 0.05) is 43.8 Å². The van der Waals surface area contributed by atoms with Crippen molar-refractivity contribution in [3.8, 4) is 0 Å². The Bertz CT molecular complexity index is 502. The Labute approximate surface area is 130 Å². The van der Waals surface area contributed by atoms with Crippen LogP contribution in [-0.2, 0) is 11.3 Å². The molecule has 116 valence electrons. The highest BCUT2D eigenvalue weighted by atomic mass is 32.1. The second-order valence-corrected chi connectivity index (χ2v) is 7.60. The van der Waals surface area contributed by atoms with E-state index in [1.165, 1.54) is 4.88 Å². The highest BCUT2D eigenvalue weighted by Crippen LogP contribution is 2.29. The molecule has 21 heavy (non-hydrogen) atoms. The van der Waals surface area contributed by atoms with Crippen molar-refractivity contribution in [2.45, 2.75) is 44.7 Å². The van der Waals surface area contributed by atoms with Crippen LogP contribution in [-0.4, -0.2) is 52.4 Å². The van der Waals surface area contributed by atoms with Crippen LogP contribution in [0.15, 0.2) is 6.20 Å². The molecule has 1 saturated carbocycles. The molecule has 0 atom stereocenters. The summed E-state index contributed by atoms with van der Waals surface area (Å²) in [5, 5.41) is 1.12. The molecule has 0 radical (unpaired) electrons. The lowest BCUT2D eigenvalue weighted by Gasteiger charge is -2.38. The first-order valence-corrected chi connectivity index (χ1v) is 8.60. The lowest BCUT2D eigenvalue weighted by molar-refractivity contribution is -0.138. The van der Waals surface area contributed by atoms with Gasteiger partial charge in [-0.1, -0.05) is 12.8 Å². The van der Waals surface area contributed by atoms with Gasteiger partial charge in [0.05, 0.1) is 10.5 Å². The van der Waals surface area contributed by atoms with Gasteiger partial charge in [0.15, 0.2) is 0 Å². The molecular weight excluding hydrogens is 284 g/mol. The van der Waals surface area contributed by atoms with Crippen molar-refractivity contribution in [2.24, 2.45) is 5.73 Å². The summed E-state index contributed by atoms with van der Waals surface area (Å²) >= 11 is 1.75. The van der Waals surface area contributed by atoms with E-state index in [2.05, 4.69) is 9.88 Å². The summed E-state index contributed by atoms with van der Waals surface area (Å²) in [6, 6.07) is 0. The zero-order chi connectivity index (χ0) is 14.9. The second-order valence-electron chi connectivity index (χ2n) is 6.28. The van der Waals surface area contributed by atoms with E-state index in [0.717, 1.165) is 63.4 Å². The monoisotopic (exact) mass is 308 g/mol. The predicted molar refractivity (Wildman–Crippen MR) is 84.1 cm³/mol. The Morgan fingerprint density at radius 3 is 2.57 bits per heavy atom. The van der Waals surface area contributed by atoms with Gasteiger partial charge < -0.3 is 10.6 Å². The van der Waals surface area contributed by atoms with Crippen molar-refractivity contribution in [1.82, 2.24) is 14.8 Å². The third kappa shape index (κ3) is 3.27. The Morgan fingerprint density at radius 1 is 1.33 bits per heavy atom. The van der Waals surface area contributed by atoms with Crippen LogP contribution < -0.4 is 5.73 Å². The number of nitrogens with two attached hydrogens (primary N) is 1. The molecule has 6 heteroatoms. The summed E-state index contributed by atoms with van der Waals surface area (Å²) in [4.78, 5) is 22.5. The molecule has 1 aliphatic heterocycles. The van der Waals surface area contributed by atoms with E-state index in [0.29, 0.717) is 0 Å². The Balaban J connectivity index is 1.52. The van der Waals surface area contributed by atoms with E-state index in [1.54, 1.807) is 11.3 Å².